The van der Waals surface area contributed by atoms with Crippen molar-refractivity contribution in [3.8, 4) is 16.8 Å². The van der Waals surface area contributed by atoms with E-state index < -0.39 is 0 Å². The topological polar surface area (TPSA) is 95.5 Å². The maximum Gasteiger partial charge on any atom is 0.281 e. The second kappa shape index (κ2) is 9.57. The second-order valence-electron chi connectivity index (χ2n) is 7.90. The SMILES string of the molecule is CC(=O)N[C@@H](C)CO[C@H]1C[C@H](COc2ccc3nc(Oc4ccc(C)nc4)sc3n2)C1. The lowest BCUT2D eigenvalue weighted by Crippen LogP contribution is -2.40. The molecule has 3 heterocycles. The van der Waals surface area contributed by atoms with Gasteiger partial charge >= 0.3 is 0 Å². The van der Waals surface area contributed by atoms with E-state index in [1.165, 1.54) is 18.3 Å². The molecule has 0 aromatic carbocycles. The molecule has 3 aromatic rings. The number of pyridine rings is 2. The van der Waals surface area contributed by atoms with Gasteiger partial charge in [-0.3, -0.25) is 9.78 Å². The van der Waals surface area contributed by atoms with E-state index in [0.29, 0.717) is 36.0 Å². The van der Waals surface area contributed by atoms with Crippen molar-refractivity contribution in [3.05, 3.63) is 36.2 Å². The van der Waals surface area contributed by atoms with Crippen LogP contribution in [0, 0.1) is 12.8 Å². The van der Waals surface area contributed by atoms with Crippen LogP contribution in [0.4, 0.5) is 0 Å². The molecule has 8 nitrogen and oxygen atoms in total. The number of fused-ring (bicyclic) bond motifs is 1. The molecule has 0 unspecified atom stereocenters. The largest absolute Gasteiger partial charge is 0.477 e. The van der Waals surface area contributed by atoms with E-state index in [2.05, 4.69) is 20.3 Å². The molecule has 0 bridgehead atoms. The summed E-state index contributed by atoms with van der Waals surface area (Å²) >= 11 is 1.38. The number of amides is 1. The summed E-state index contributed by atoms with van der Waals surface area (Å²) in [6.07, 6.45) is 3.83. The monoisotopic (exact) mass is 442 g/mol. The molecule has 164 valence electrons. The van der Waals surface area contributed by atoms with Crippen LogP contribution >= 0.6 is 11.3 Å². The van der Waals surface area contributed by atoms with Gasteiger partial charge in [-0.05, 0) is 50.8 Å². The summed E-state index contributed by atoms with van der Waals surface area (Å²) in [4.78, 5) is 25.0. The Bertz CT molecular complexity index is 1030. The van der Waals surface area contributed by atoms with E-state index in [9.17, 15) is 4.79 Å². The number of aryl methyl sites for hydroxylation is 1. The molecular weight excluding hydrogens is 416 g/mol. The van der Waals surface area contributed by atoms with Gasteiger partial charge in [0.2, 0.25) is 11.8 Å². The van der Waals surface area contributed by atoms with Crippen LogP contribution in [-0.2, 0) is 9.53 Å². The van der Waals surface area contributed by atoms with Crippen LogP contribution in [0.15, 0.2) is 30.5 Å². The van der Waals surface area contributed by atoms with E-state index in [0.717, 1.165) is 28.9 Å². The molecule has 1 aliphatic carbocycles. The Hall–Kier alpha value is -2.78. The maximum absolute atomic E-state index is 11.0. The zero-order chi connectivity index (χ0) is 21.8. The summed E-state index contributed by atoms with van der Waals surface area (Å²) < 4.78 is 17.5. The first-order chi connectivity index (χ1) is 14.9. The second-order valence-corrected chi connectivity index (χ2v) is 8.84. The minimum Gasteiger partial charge on any atom is -0.477 e. The number of carbonyl (C=O) groups excluding carboxylic acids is 1. The van der Waals surface area contributed by atoms with Crippen molar-refractivity contribution in [2.75, 3.05) is 13.2 Å². The first kappa shape index (κ1) is 21.5. The van der Waals surface area contributed by atoms with Gasteiger partial charge < -0.3 is 19.5 Å². The molecule has 0 radical (unpaired) electrons. The highest BCUT2D eigenvalue weighted by Crippen LogP contribution is 2.33. The Labute approximate surface area is 185 Å². The van der Waals surface area contributed by atoms with Gasteiger partial charge in [-0.15, -0.1) is 0 Å². The van der Waals surface area contributed by atoms with Crippen LogP contribution in [0.5, 0.6) is 16.8 Å². The molecule has 4 rings (SSSR count). The molecule has 1 aliphatic rings. The van der Waals surface area contributed by atoms with Gasteiger partial charge in [0.05, 0.1) is 25.5 Å². The summed E-state index contributed by atoms with van der Waals surface area (Å²) in [6.45, 7) is 6.52. The first-order valence-corrected chi connectivity index (χ1v) is 11.2. The predicted octanol–water partition coefficient (Wildman–Crippen LogP) is 3.89. The molecule has 3 aromatic heterocycles. The highest BCUT2D eigenvalue weighted by Gasteiger charge is 2.30. The standard InChI is InChI=1S/C22H26N4O4S/c1-13-4-5-17(10-23-13)30-22-25-19-6-7-20(26-21(19)31-22)29-12-16-8-18(9-16)28-11-14(2)24-15(3)27/h4-7,10,14,16,18H,8-9,11-12H2,1-3H3,(H,24,27)/t14-,16-,18-/m0/s1. The molecule has 9 heteroatoms. The van der Waals surface area contributed by atoms with Crippen LogP contribution in [0.1, 0.15) is 32.4 Å². The number of thiazole rings is 1. The fourth-order valence-corrected chi connectivity index (χ4v) is 4.14. The van der Waals surface area contributed by atoms with E-state index in [1.54, 1.807) is 6.20 Å². The minimum absolute atomic E-state index is 0.0271. The van der Waals surface area contributed by atoms with Gasteiger partial charge in [0, 0.05) is 24.7 Å². The number of nitrogens with one attached hydrogen (secondary N) is 1. The van der Waals surface area contributed by atoms with Crippen LogP contribution in [0.3, 0.4) is 0 Å². The predicted molar refractivity (Wildman–Crippen MR) is 118 cm³/mol. The third-order valence-electron chi connectivity index (χ3n) is 4.99. The van der Waals surface area contributed by atoms with E-state index in [-0.39, 0.29) is 18.1 Å². The van der Waals surface area contributed by atoms with Crippen LogP contribution in [-0.4, -0.2) is 46.2 Å². The molecule has 1 N–H and O–H groups in total. The first-order valence-electron chi connectivity index (χ1n) is 10.3. The van der Waals surface area contributed by atoms with Crippen molar-refractivity contribution in [1.82, 2.24) is 20.3 Å². The molecule has 1 atom stereocenters. The van der Waals surface area contributed by atoms with Crippen LogP contribution in [0.2, 0.25) is 0 Å². The Kier molecular flexibility index (Phi) is 6.62. The van der Waals surface area contributed by atoms with Crippen molar-refractivity contribution in [2.45, 2.75) is 45.8 Å². The minimum atomic E-state index is -0.0350. The van der Waals surface area contributed by atoms with E-state index >= 15 is 0 Å². The van der Waals surface area contributed by atoms with Gasteiger partial charge in [0.1, 0.15) is 11.3 Å². The molecule has 0 saturated heterocycles. The molecule has 1 saturated carbocycles. The van der Waals surface area contributed by atoms with Gasteiger partial charge in [-0.1, -0.05) is 11.3 Å². The lowest BCUT2D eigenvalue weighted by atomic mass is 9.83. The van der Waals surface area contributed by atoms with Gasteiger partial charge in [-0.25, -0.2) is 9.97 Å². The average molecular weight is 443 g/mol. The highest BCUT2D eigenvalue weighted by molar-refractivity contribution is 7.19. The van der Waals surface area contributed by atoms with E-state index in [1.807, 2.05) is 38.1 Å². The van der Waals surface area contributed by atoms with Crippen molar-refractivity contribution >= 4 is 27.6 Å². The number of hydrogen-bond acceptors (Lipinski definition) is 8. The quantitative estimate of drug-likeness (QED) is 0.537. The Morgan fingerprint density at radius 1 is 1.26 bits per heavy atom. The average Bonchev–Trinajstić information content (AvgIpc) is 3.09. The summed E-state index contributed by atoms with van der Waals surface area (Å²) in [7, 11) is 0. The fraction of sp³-hybridized carbons (Fsp3) is 0.455. The van der Waals surface area contributed by atoms with Crippen LogP contribution < -0.4 is 14.8 Å². The van der Waals surface area contributed by atoms with Crippen molar-refractivity contribution < 1.29 is 19.0 Å². The van der Waals surface area contributed by atoms with Gasteiger partial charge in [-0.2, -0.15) is 0 Å². The molecular formula is C22H26N4O4S. The normalized spacial score (nSPS) is 18.9. The molecule has 0 aliphatic heterocycles. The number of nitrogens with zero attached hydrogens (tertiary/aromatic N) is 3. The summed E-state index contributed by atoms with van der Waals surface area (Å²) in [6, 6.07) is 7.52. The molecule has 1 fully saturated rings. The number of carbonyl (C=O) groups is 1. The number of aromatic nitrogens is 3. The zero-order valence-corrected chi connectivity index (χ0v) is 18.6. The Balaban J connectivity index is 1.23. The summed E-state index contributed by atoms with van der Waals surface area (Å²) in [5.74, 6) is 1.65. The lowest BCUT2D eigenvalue weighted by Gasteiger charge is -2.35. The van der Waals surface area contributed by atoms with Crippen LogP contribution in [0.25, 0.3) is 10.3 Å². The smallest absolute Gasteiger partial charge is 0.281 e. The van der Waals surface area contributed by atoms with Crippen molar-refractivity contribution in [3.63, 3.8) is 0 Å². The third kappa shape index (κ3) is 5.89. The molecule has 0 spiro atoms. The Morgan fingerprint density at radius 3 is 2.84 bits per heavy atom. The fourth-order valence-electron chi connectivity index (χ4n) is 3.34. The Morgan fingerprint density at radius 2 is 2.10 bits per heavy atom. The zero-order valence-electron chi connectivity index (χ0n) is 17.8. The van der Waals surface area contributed by atoms with Gasteiger partial charge in [0.15, 0.2) is 4.83 Å². The number of hydrogen-bond donors (Lipinski definition) is 1. The van der Waals surface area contributed by atoms with Crippen molar-refractivity contribution in [1.29, 1.82) is 0 Å². The number of rotatable bonds is 9. The molecule has 1 amide bonds. The third-order valence-corrected chi connectivity index (χ3v) is 5.83. The highest BCUT2D eigenvalue weighted by atomic mass is 32.1. The number of ether oxygens (including phenoxy) is 3. The van der Waals surface area contributed by atoms with Gasteiger partial charge in [0.25, 0.3) is 5.19 Å². The lowest BCUT2D eigenvalue weighted by molar-refractivity contribution is -0.120. The molecule has 31 heavy (non-hydrogen) atoms. The van der Waals surface area contributed by atoms with Crippen molar-refractivity contribution in [2.24, 2.45) is 5.92 Å². The maximum atomic E-state index is 11.0. The summed E-state index contributed by atoms with van der Waals surface area (Å²) in [5, 5.41) is 3.35. The van der Waals surface area contributed by atoms with E-state index in [4.69, 9.17) is 14.2 Å². The summed E-state index contributed by atoms with van der Waals surface area (Å²) in [5.41, 5.74) is 1.71.